The van der Waals surface area contributed by atoms with Gasteiger partial charge in [-0.1, -0.05) is 27.7 Å². The monoisotopic (exact) mass is 184 g/mol. The predicted octanol–water partition coefficient (Wildman–Crippen LogP) is 3.13. The molecule has 13 heavy (non-hydrogen) atoms. The number of hydrogen-bond donors (Lipinski definition) is 1. The summed E-state index contributed by atoms with van der Waals surface area (Å²) >= 11 is 0. The van der Waals surface area contributed by atoms with E-state index < -0.39 is 0 Å². The maximum atomic E-state index is 8.06. The lowest BCUT2D eigenvalue weighted by Crippen LogP contribution is -2.43. The van der Waals surface area contributed by atoms with Crippen molar-refractivity contribution in [3.8, 4) is 0 Å². The van der Waals surface area contributed by atoms with E-state index in [1.54, 1.807) is 0 Å². The molecule has 1 atom stereocenters. The molecule has 0 bridgehead atoms. The van der Waals surface area contributed by atoms with E-state index >= 15 is 0 Å². The molecule has 0 spiro atoms. The minimum Gasteiger partial charge on any atom is -0.358 e. The van der Waals surface area contributed by atoms with Crippen LogP contribution in [0.4, 0.5) is 0 Å². The van der Waals surface area contributed by atoms with Crippen LogP contribution in [-0.2, 0) is 0 Å². The molecule has 0 saturated carbocycles. The Bertz CT molecular complexity index is 167. The number of rotatable bonds is 3. The third-order valence-corrected chi connectivity index (χ3v) is 2.46. The van der Waals surface area contributed by atoms with Crippen LogP contribution >= 0.6 is 0 Å². The second-order valence-corrected chi connectivity index (χ2v) is 4.64. The Morgan fingerprint density at radius 1 is 1.31 bits per heavy atom. The van der Waals surface area contributed by atoms with Gasteiger partial charge in [0.2, 0.25) is 0 Å². The lowest BCUT2D eigenvalue weighted by Gasteiger charge is -2.35. The Hall–Kier alpha value is -0.530. The molecule has 0 aliphatic carbocycles. The Labute approximate surface area is 82.8 Å². The Kier molecular flexibility index (Phi) is 4.45. The van der Waals surface area contributed by atoms with Crippen LogP contribution in [0.25, 0.3) is 0 Å². The van der Waals surface area contributed by atoms with Gasteiger partial charge in [0.25, 0.3) is 0 Å². The molecule has 2 heteroatoms. The van der Waals surface area contributed by atoms with Crippen LogP contribution < -0.4 is 0 Å². The first-order valence-corrected chi connectivity index (χ1v) is 5.20. The van der Waals surface area contributed by atoms with Crippen molar-refractivity contribution in [1.29, 1.82) is 5.41 Å². The van der Waals surface area contributed by atoms with Crippen LogP contribution in [0.15, 0.2) is 0 Å². The van der Waals surface area contributed by atoms with E-state index in [2.05, 4.69) is 46.4 Å². The van der Waals surface area contributed by atoms with Gasteiger partial charge in [-0.25, -0.2) is 0 Å². The molecule has 0 saturated heterocycles. The van der Waals surface area contributed by atoms with Gasteiger partial charge in [0.1, 0.15) is 5.84 Å². The number of amidine groups is 1. The third-order valence-electron chi connectivity index (χ3n) is 2.46. The normalized spacial score (nSPS) is 14.0. The summed E-state index contributed by atoms with van der Waals surface area (Å²) in [7, 11) is 0. The molecule has 0 aliphatic rings. The first kappa shape index (κ1) is 12.5. The fraction of sp³-hybridized carbons (Fsp3) is 0.909. The van der Waals surface area contributed by atoms with Gasteiger partial charge in [0, 0.05) is 18.0 Å². The summed E-state index contributed by atoms with van der Waals surface area (Å²) in [5.41, 5.74) is -0.0283. The second kappa shape index (κ2) is 4.64. The zero-order chi connectivity index (χ0) is 10.6. The fourth-order valence-electron chi connectivity index (χ4n) is 1.34. The van der Waals surface area contributed by atoms with Crippen molar-refractivity contribution >= 4 is 5.84 Å². The molecule has 0 heterocycles. The topological polar surface area (TPSA) is 27.1 Å². The van der Waals surface area contributed by atoms with Crippen LogP contribution in [0.1, 0.15) is 48.0 Å². The van der Waals surface area contributed by atoms with Crippen molar-refractivity contribution < 1.29 is 0 Å². The van der Waals surface area contributed by atoms with Gasteiger partial charge < -0.3 is 4.90 Å². The average Bonchev–Trinajstić information content (AvgIpc) is 2.03. The highest BCUT2D eigenvalue weighted by Gasteiger charge is 2.24. The largest absolute Gasteiger partial charge is 0.358 e. The molecule has 1 unspecified atom stereocenters. The van der Waals surface area contributed by atoms with Gasteiger partial charge in [-0.3, -0.25) is 5.41 Å². The molecule has 2 nitrogen and oxygen atoms in total. The van der Waals surface area contributed by atoms with Gasteiger partial charge in [-0.15, -0.1) is 0 Å². The summed E-state index contributed by atoms with van der Waals surface area (Å²) in [4.78, 5) is 2.18. The van der Waals surface area contributed by atoms with Crippen molar-refractivity contribution in [2.24, 2.45) is 5.41 Å². The lowest BCUT2D eigenvalue weighted by molar-refractivity contribution is 0.302. The van der Waals surface area contributed by atoms with Gasteiger partial charge in [0.15, 0.2) is 0 Å². The Morgan fingerprint density at radius 3 is 2.00 bits per heavy atom. The lowest BCUT2D eigenvalue weighted by atomic mass is 9.93. The summed E-state index contributed by atoms with van der Waals surface area (Å²) in [5.74, 6) is 0.754. The maximum absolute atomic E-state index is 8.06. The molecule has 0 radical (unpaired) electrons. The van der Waals surface area contributed by atoms with Crippen LogP contribution in [0.2, 0.25) is 0 Å². The molecular formula is C11H24N2. The molecule has 0 aromatic rings. The van der Waals surface area contributed by atoms with E-state index in [1.165, 1.54) is 0 Å². The summed E-state index contributed by atoms with van der Waals surface area (Å²) < 4.78 is 0. The van der Waals surface area contributed by atoms with Crippen LogP contribution in [-0.4, -0.2) is 23.3 Å². The minimum absolute atomic E-state index is 0.0283. The molecule has 0 fully saturated rings. The Balaban J connectivity index is 4.50. The SMILES string of the molecule is CCC(C)N(CC)C(=N)C(C)(C)C. The van der Waals surface area contributed by atoms with Crippen LogP contribution in [0.5, 0.6) is 0 Å². The van der Waals surface area contributed by atoms with Crippen LogP contribution in [0.3, 0.4) is 0 Å². The van der Waals surface area contributed by atoms with E-state index in [0.29, 0.717) is 6.04 Å². The van der Waals surface area contributed by atoms with Gasteiger partial charge >= 0.3 is 0 Å². The quantitative estimate of drug-likeness (QED) is 0.529. The smallest absolute Gasteiger partial charge is 0.101 e. The van der Waals surface area contributed by atoms with Gasteiger partial charge in [-0.2, -0.15) is 0 Å². The number of nitrogens with zero attached hydrogens (tertiary/aromatic N) is 1. The minimum atomic E-state index is -0.0283. The summed E-state index contributed by atoms with van der Waals surface area (Å²) in [6.45, 7) is 13.7. The van der Waals surface area contributed by atoms with Crippen molar-refractivity contribution in [3.05, 3.63) is 0 Å². The highest BCUT2D eigenvalue weighted by Crippen LogP contribution is 2.20. The Morgan fingerprint density at radius 2 is 1.77 bits per heavy atom. The summed E-state index contributed by atoms with van der Waals surface area (Å²) in [6.07, 6.45) is 1.10. The molecule has 0 aromatic heterocycles. The maximum Gasteiger partial charge on any atom is 0.101 e. The fourth-order valence-corrected chi connectivity index (χ4v) is 1.34. The number of nitrogens with one attached hydrogen (secondary N) is 1. The zero-order valence-corrected chi connectivity index (χ0v) is 9.94. The molecule has 0 aliphatic heterocycles. The zero-order valence-electron chi connectivity index (χ0n) is 9.94. The van der Waals surface area contributed by atoms with Crippen molar-refractivity contribution in [1.82, 2.24) is 4.90 Å². The van der Waals surface area contributed by atoms with E-state index in [4.69, 9.17) is 5.41 Å². The van der Waals surface area contributed by atoms with Crippen molar-refractivity contribution in [3.63, 3.8) is 0 Å². The van der Waals surface area contributed by atoms with E-state index in [0.717, 1.165) is 18.8 Å². The average molecular weight is 184 g/mol. The number of hydrogen-bond acceptors (Lipinski definition) is 1. The molecule has 78 valence electrons. The van der Waals surface area contributed by atoms with Crippen molar-refractivity contribution in [2.75, 3.05) is 6.54 Å². The van der Waals surface area contributed by atoms with E-state index in [-0.39, 0.29) is 5.41 Å². The van der Waals surface area contributed by atoms with E-state index in [1.807, 2.05) is 0 Å². The predicted molar refractivity (Wildman–Crippen MR) is 59.3 cm³/mol. The summed E-state index contributed by atoms with van der Waals surface area (Å²) in [6, 6.07) is 0.483. The highest BCUT2D eigenvalue weighted by molar-refractivity contribution is 5.84. The standard InChI is InChI=1S/C11H24N2/c1-7-9(3)13(8-2)10(12)11(4,5)6/h9,12H,7-8H2,1-6H3. The van der Waals surface area contributed by atoms with Crippen LogP contribution in [0, 0.1) is 10.8 Å². The first-order valence-electron chi connectivity index (χ1n) is 5.20. The third kappa shape index (κ3) is 3.37. The molecule has 0 aromatic carbocycles. The molecule has 0 rings (SSSR count). The second-order valence-electron chi connectivity index (χ2n) is 4.64. The van der Waals surface area contributed by atoms with E-state index in [9.17, 15) is 0 Å². The van der Waals surface area contributed by atoms with Crippen molar-refractivity contribution in [2.45, 2.75) is 54.0 Å². The molecule has 1 N–H and O–H groups in total. The highest BCUT2D eigenvalue weighted by atomic mass is 15.2. The molecular weight excluding hydrogens is 160 g/mol. The molecule has 0 amide bonds. The van der Waals surface area contributed by atoms with Gasteiger partial charge in [0.05, 0.1) is 0 Å². The summed E-state index contributed by atoms with van der Waals surface area (Å²) in [5, 5.41) is 8.06. The first-order chi connectivity index (χ1) is 5.84. The van der Waals surface area contributed by atoms with Gasteiger partial charge in [-0.05, 0) is 20.3 Å².